The molecule has 1 aliphatic heterocycles. The van der Waals surface area contributed by atoms with Crippen molar-refractivity contribution in [1.29, 1.82) is 5.41 Å². The van der Waals surface area contributed by atoms with Crippen LogP contribution in [0.4, 0.5) is 18.9 Å². The topological polar surface area (TPSA) is 155 Å². The lowest BCUT2D eigenvalue weighted by Gasteiger charge is -2.23. The summed E-state index contributed by atoms with van der Waals surface area (Å²) in [6.07, 6.45) is -5.21. The highest BCUT2D eigenvalue weighted by Gasteiger charge is 2.39. The Labute approximate surface area is 217 Å². The van der Waals surface area contributed by atoms with Crippen molar-refractivity contribution in [2.24, 2.45) is 5.73 Å². The van der Waals surface area contributed by atoms with E-state index in [1.54, 1.807) is 0 Å². The van der Waals surface area contributed by atoms with Crippen LogP contribution in [-0.4, -0.2) is 56.7 Å². The number of nitrogen functional groups attached to an aromatic ring is 1. The number of benzene rings is 2. The number of ether oxygens (including phenoxy) is 1. The van der Waals surface area contributed by atoms with Crippen LogP contribution in [-0.2, 0) is 30.5 Å². The van der Waals surface area contributed by atoms with E-state index in [0.717, 1.165) is 10.4 Å². The first-order chi connectivity index (χ1) is 17.8. The number of amides is 2. The monoisotopic (exact) mass is 555 g/mol. The molecule has 0 radical (unpaired) electrons. The van der Waals surface area contributed by atoms with E-state index in [9.17, 15) is 31.2 Å². The molecule has 2 amide bonds. The molecule has 1 aliphatic rings. The van der Waals surface area contributed by atoms with Gasteiger partial charge in [-0.15, -0.1) is 0 Å². The van der Waals surface area contributed by atoms with Gasteiger partial charge in [0.25, 0.3) is 0 Å². The summed E-state index contributed by atoms with van der Waals surface area (Å²) in [5.41, 5.74) is 4.86. The van der Waals surface area contributed by atoms with Crippen LogP contribution in [0.25, 0.3) is 0 Å². The lowest BCUT2D eigenvalue weighted by atomic mass is 10.0. The van der Waals surface area contributed by atoms with E-state index in [4.69, 9.17) is 15.9 Å². The maximum Gasteiger partial charge on any atom is 0.417 e. The highest BCUT2D eigenvalue weighted by molar-refractivity contribution is 7.89. The Bertz CT molecular complexity index is 1290. The molecule has 10 nitrogen and oxygen atoms in total. The molecule has 0 aliphatic carbocycles. The van der Waals surface area contributed by atoms with Crippen LogP contribution in [0.3, 0.4) is 0 Å². The number of nitrogens with one attached hydrogen (secondary N) is 3. The fraction of sp³-hybridized carbons (Fsp3) is 0.375. The van der Waals surface area contributed by atoms with Gasteiger partial charge in [0, 0.05) is 30.9 Å². The number of halogens is 3. The van der Waals surface area contributed by atoms with Gasteiger partial charge in [0.2, 0.25) is 21.8 Å². The van der Waals surface area contributed by atoms with Crippen molar-refractivity contribution in [3.8, 4) is 0 Å². The minimum atomic E-state index is -4.97. The maximum atomic E-state index is 13.9. The van der Waals surface area contributed by atoms with Crippen molar-refractivity contribution in [3.05, 3.63) is 59.2 Å². The third-order valence-electron chi connectivity index (χ3n) is 5.79. The zero-order valence-corrected chi connectivity index (χ0v) is 21.3. The zero-order valence-electron chi connectivity index (χ0n) is 20.5. The molecular formula is C24H28F3N5O5S. The Kier molecular flexibility index (Phi) is 9.12. The van der Waals surface area contributed by atoms with Gasteiger partial charge in [0.1, 0.15) is 12.3 Å². The number of carbonyl (C=O) groups is 2. The minimum Gasteiger partial charge on any atom is -0.384 e. The molecule has 206 valence electrons. The average molecular weight is 556 g/mol. The number of hydrogen-bond donors (Lipinski definition) is 4. The van der Waals surface area contributed by atoms with Gasteiger partial charge in [-0.2, -0.15) is 17.5 Å². The van der Waals surface area contributed by atoms with Crippen molar-refractivity contribution < 1.29 is 35.9 Å². The van der Waals surface area contributed by atoms with Gasteiger partial charge in [-0.3, -0.25) is 15.0 Å². The van der Waals surface area contributed by atoms with Crippen LogP contribution in [0.15, 0.2) is 47.4 Å². The van der Waals surface area contributed by atoms with Gasteiger partial charge in [-0.05, 0) is 55.3 Å². The molecule has 1 fully saturated rings. The number of hydrogen-bond acceptors (Lipinski definition) is 6. The first-order valence-electron chi connectivity index (χ1n) is 11.6. The molecule has 38 heavy (non-hydrogen) atoms. The number of nitrogens with two attached hydrogens (primary N) is 1. The molecule has 14 heteroatoms. The van der Waals surface area contributed by atoms with E-state index >= 15 is 0 Å². The van der Waals surface area contributed by atoms with Crippen molar-refractivity contribution >= 4 is 33.4 Å². The second-order valence-electron chi connectivity index (χ2n) is 8.63. The molecule has 1 unspecified atom stereocenters. The van der Waals surface area contributed by atoms with Crippen molar-refractivity contribution in [1.82, 2.24) is 9.62 Å². The average Bonchev–Trinajstić information content (AvgIpc) is 3.13. The standard InChI is InChI=1S/C24H28F3N5O5S/c1-15(30-21(33)14-22(34)31-18-6-3-16(4-7-18)23(28)29)17-5-8-20(19(13-17)24(25,26)27)38(35,36)32-9-2-11-37-12-10-32/h3-8,13,15H,2,9-12,14H2,1H3,(H3,28,29)(H,30,33)(H,31,34). The third-order valence-corrected chi connectivity index (χ3v) is 7.74. The van der Waals surface area contributed by atoms with Crippen LogP contribution >= 0.6 is 0 Å². The van der Waals surface area contributed by atoms with Crippen LogP contribution in [0.1, 0.15) is 42.5 Å². The molecular weight excluding hydrogens is 527 g/mol. The molecule has 2 aromatic rings. The fourth-order valence-electron chi connectivity index (χ4n) is 3.83. The molecule has 5 N–H and O–H groups in total. The second-order valence-corrected chi connectivity index (χ2v) is 10.5. The Morgan fingerprint density at radius 3 is 2.42 bits per heavy atom. The number of alkyl halides is 3. The van der Waals surface area contributed by atoms with Crippen molar-refractivity contribution in [2.75, 3.05) is 31.6 Å². The molecule has 0 saturated carbocycles. The summed E-state index contributed by atoms with van der Waals surface area (Å²) >= 11 is 0. The number of nitrogens with zero attached hydrogens (tertiary/aromatic N) is 1. The Hall–Kier alpha value is -3.49. The Morgan fingerprint density at radius 1 is 1.11 bits per heavy atom. The zero-order chi connectivity index (χ0) is 28.1. The highest BCUT2D eigenvalue weighted by Crippen LogP contribution is 2.37. The summed E-state index contributed by atoms with van der Waals surface area (Å²) in [5, 5.41) is 12.3. The first-order valence-corrected chi connectivity index (χ1v) is 13.1. The summed E-state index contributed by atoms with van der Waals surface area (Å²) < 4.78 is 74.0. The van der Waals surface area contributed by atoms with Gasteiger partial charge in [0.05, 0.1) is 23.1 Å². The first kappa shape index (κ1) is 29.1. The summed E-state index contributed by atoms with van der Waals surface area (Å²) in [4.78, 5) is 23.7. The van der Waals surface area contributed by atoms with Gasteiger partial charge in [-0.1, -0.05) is 6.07 Å². The van der Waals surface area contributed by atoms with E-state index in [1.165, 1.54) is 37.3 Å². The minimum absolute atomic E-state index is 0.0176. The fourth-order valence-corrected chi connectivity index (χ4v) is 5.48. The van der Waals surface area contributed by atoms with Crippen molar-refractivity contribution in [2.45, 2.75) is 36.9 Å². The van der Waals surface area contributed by atoms with E-state index in [-0.39, 0.29) is 31.1 Å². The maximum absolute atomic E-state index is 13.9. The summed E-state index contributed by atoms with van der Waals surface area (Å²) in [6, 6.07) is 7.88. The Balaban J connectivity index is 1.71. The molecule has 0 aromatic heterocycles. The SMILES string of the molecule is CC(NC(=O)CC(=O)Nc1ccc(C(=N)N)cc1)c1ccc(S(=O)(=O)N2CCCOCC2)c(C(F)(F)F)c1. The normalized spacial score (nSPS) is 15.8. The quantitative estimate of drug-likeness (QED) is 0.223. The summed E-state index contributed by atoms with van der Waals surface area (Å²) in [5.74, 6) is -1.55. The number of anilines is 1. The molecule has 1 atom stereocenters. The molecule has 2 aromatic carbocycles. The van der Waals surface area contributed by atoms with Gasteiger partial charge in [0.15, 0.2) is 0 Å². The van der Waals surface area contributed by atoms with E-state index in [2.05, 4.69) is 10.6 Å². The second kappa shape index (κ2) is 11.9. The van der Waals surface area contributed by atoms with Crippen molar-refractivity contribution in [3.63, 3.8) is 0 Å². The van der Waals surface area contributed by atoms with Crippen LogP contribution in [0, 0.1) is 5.41 Å². The predicted molar refractivity (Wildman–Crippen MR) is 133 cm³/mol. The molecule has 1 saturated heterocycles. The number of carbonyl (C=O) groups excluding carboxylic acids is 2. The smallest absolute Gasteiger partial charge is 0.384 e. The van der Waals surface area contributed by atoms with Crippen LogP contribution < -0.4 is 16.4 Å². The van der Waals surface area contributed by atoms with E-state index in [1.807, 2.05) is 0 Å². The number of sulfonamides is 1. The van der Waals surface area contributed by atoms with E-state index < -0.39 is 50.9 Å². The molecule has 0 bridgehead atoms. The van der Waals surface area contributed by atoms with Crippen LogP contribution in [0.2, 0.25) is 0 Å². The van der Waals surface area contributed by atoms with Gasteiger partial charge >= 0.3 is 6.18 Å². The number of amidine groups is 1. The Morgan fingerprint density at radius 2 is 1.79 bits per heavy atom. The lowest BCUT2D eigenvalue weighted by Crippen LogP contribution is -2.34. The molecule has 1 heterocycles. The summed E-state index contributed by atoms with van der Waals surface area (Å²) in [6.45, 7) is 1.80. The number of rotatable bonds is 8. The summed E-state index contributed by atoms with van der Waals surface area (Å²) in [7, 11) is -4.44. The van der Waals surface area contributed by atoms with Gasteiger partial charge < -0.3 is 21.1 Å². The van der Waals surface area contributed by atoms with Gasteiger partial charge in [-0.25, -0.2) is 8.42 Å². The van der Waals surface area contributed by atoms with E-state index in [0.29, 0.717) is 30.3 Å². The largest absolute Gasteiger partial charge is 0.417 e. The lowest BCUT2D eigenvalue weighted by molar-refractivity contribution is -0.140. The molecule has 0 spiro atoms. The highest BCUT2D eigenvalue weighted by atomic mass is 32.2. The third kappa shape index (κ3) is 7.30. The van der Waals surface area contributed by atoms with Crippen LogP contribution in [0.5, 0.6) is 0 Å². The molecule has 3 rings (SSSR count). The predicted octanol–water partition coefficient (Wildman–Crippen LogP) is 2.61.